The van der Waals surface area contributed by atoms with Crippen LogP contribution >= 0.6 is 11.3 Å². The minimum absolute atomic E-state index is 0.0659. The molecule has 0 fully saturated rings. The first-order valence-electron chi connectivity index (χ1n) is 4.40. The van der Waals surface area contributed by atoms with Crippen LogP contribution in [0.4, 0.5) is 0 Å². The van der Waals surface area contributed by atoms with E-state index in [1.165, 1.54) is 15.6 Å². The fourth-order valence-electron chi connectivity index (χ4n) is 1.88. The molecular weight excluding hydrogens is 218 g/mol. The molecule has 0 radical (unpaired) electrons. The van der Waals surface area contributed by atoms with Crippen LogP contribution in [0.15, 0.2) is 16.3 Å². The van der Waals surface area contributed by atoms with Crippen LogP contribution in [0, 0.1) is 0 Å². The maximum absolute atomic E-state index is 11.9. The van der Waals surface area contributed by atoms with Gasteiger partial charge in [0.25, 0.3) is 0 Å². The molecular formula is C9H13NO2S2. The Balaban J connectivity index is 2.72. The molecule has 0 unspecified atom stereocenters. The third-order valence-corrected chi connectivity index (χ3v) is 5.81. The first kappa shape index (κ1) is 10.1. The first-order valence-corrected chi connectivity index (χ1v) is 6.72. The number of thiophene rings is 1. The maximum atomic E-state index is 11.9. The van der Waals surface area contributed by atoms with Gasteiger partial charge in [-0.2, -0.15) is 4.31 Å². The Labute approximate surface area is 88.4 Å². The van der Waals surface area contributed by atoms with Crippen molar-refractivity contribution in [1.82, 2.24) is 4.31 Å². The van der Waals surface area contributed by atoms with Crippen LogP contribution in [0.2, 0.25) is 0 Å². The van der Waals surface area contributed by atoms with Crippen LogP contribution in [0.3, 0.4) is 0 Å². The number of hydrogen-bond donors (Lipinski definition) is 0. The van der Waals surface area contributed by atoms with E-state index in [4.69, 9.17) is 0 Å². The lowest BCUT2D eigenvalue weighted by molar-refractivity contribution is 0.356. The third kappa shape index (κ3) is 1.23. The average Bonchev–Trinajstić information content (AvgIpc) is 2.49. The van der Waals surface area contributed by atoms with E-state index in [1.807, 2.05) is 5.38 Å². The Morgan fingerprint density at radius 3 is 2.79 bits per heavy atom. The summed E-state index contributed by atoms with van der Waals surface area (Å²) in [6.07, 6.45) is 0. The van der Waals surface area contributed by atoms with E-state index in [9.17, 15) is 8.42 Å². The van der Waals surface area contributed by atoms with Gasteiger partial charge >= 0.3 is 0 Å². The molecule has 14 heavy (non-hydrogen) atoms. The molecule has 1 aliphatic heterocycles. The zero-order valence-electron chi connectivity index (χ0n) is 8.44. The monoisotopic (exact) mass is 231 g/mol. The van der Waals surface area contributed by atoms with Crippen molar-refractivity contribution in [2.45, 2.75) is 24.2 Å². The Kier molecular flexibility index (Phi) is 2.03. The highest BCUT2D eigenvalue weighted by molar-refractivity contribution is 7.89. The van der Waals surface area contributed by atoms with Gasteiger partial charge in [-0.15, -0.1) is 11.3 Å². The van der Waals surface area contributed by atoms with Gasteiger partial charge in [0, 0.05) is 23.9 Å². The SMILES string of the molecule is CN1CC(C)(C)c2sccc2S1(=O)=O. The average molecular weight is 231 g/mol. The zero-order valence-corrected chi connectivity index (χ0v) is 10.1. The predicted octanol–water partition coefficient (Wildman–Crippen LogP) is 1.66. The summed E-state index contributed by atoms with van der Waals surface area (Å²) >= 11 is 1.53. The maximum Gasteiger partial charge on any atom is 0.243 e. The van der Waals surface area contributed by atoms with Crippen molar-refractivity contribution in [2.24, 2.45) is 0 Å². The van der Waals surface area contributed by atoms with Crippen LogP contribution in [0.25, 0.3) is 0 Å². The number of likely N-dealkylation sites (N-methyl/N-ethyl adjacent to an activating group) is 1. The van der Waals surface area contributed by atoms with E-state index in [-0.39, 0.29) is 5.41 Å². The molecule has 2 heterocycles. The molecule has 0 aliphatic carbocycles. The Morgan fingerprint density at radius 1 is 1.50 bits per heavy atom. The van der Waals surface area contributed by atoms with Crippen LogP contribution in [-0.4, -0.2) is 26.3 Å². The molecule has 0 bridgehead atoms. The zero-order chi connectivity index (χ0) is 10.6. The van der Waals surface area contributed by atoms with Crippen molar-refractivity contribution >= 4 is 21.4 Å². The summed E-state index contributed by atoms with van der Waals surface area (Å²) in [4.78, 5) is 1.47. The lowest BCUT2D eigenvalue weighted by Crippen LogP contribution is -2.43. The topological polar surface area (TPSA) is 37.4 Å². The molecule has 0 amide bonds. The summed E-state index contributed by atoms with van der Waals surface area (Å²) < 4.78 is 25.2. The minimum atomic E-state index is -3.20. The van der Waals surface area contributed by atoms with Crippen LogP contribution in [0.5, 0.6) is 0 Å². The fourth-order valence-corrected chi connectivity index (χ4v) is 4.91. The second-order valence-corrected chi connectivity index (χ2v) is 7.19. The van der Waals surface area contributed by atoms with Crippen molar-refractivity contribution in [3.05, 3.63) is 16.3 Å². The number of rotatable bonds is 0. The summed E-state index contributed by atoms with van der Waals surface area (Å²) in [5.41, 5.74) is -0.0659. The summed E-state index contributed by atoms with van der Waals surface area (Å²) in [5, 5.41) is 1.85. The summed E-state index contributed by atoms with van der Waals surface area (Å²) in [6, 6.07) is 1.70. The van der Waals surface area contributed by atoms with Crippen molar-refractivity contribution in [3.8, 4) is 0 Å². The Bertz CT molecular complexity index is 459. The van der Waals surface area contributed by atoms with E-state index < -0.39 is 10.0 Å². The highest BCUT2D eigenvalue weighted by atomic mass is 32.2. The van der Waals surface area contributed by atoms with Gasteiger partial charge < -0.3 is 0 Å². The molecule has 0 atom stereocenters. The molecule has 0 N–H and O–H groups in total. The van der Waals surface area contributed by atoms with Crippen LogP contribution in [-0.2, 0) is 15.4 Å². The Hall–Kier alpha value is -0.390. The van der Waals surface area contributed by atoms with Crippen molar-refractivity contribution in [3.63, 3.8) is 0 Å². The van der Waals surface area contributed by atoms with Gasteiger partial charge in [0.2, 0.25) is 10.0 Å². The van der Waals surface area contributed by atoms with Crippen LogP contribution in [0.1, 0.15) is 18.7 Å². The van der Waals surface area contributed by atoms with E-state index in [2.05, 4.69) is 13.8 Å². The lowest BCUT2D eigenvalue weighted by atomic mass is 9.91. The van der Waals surface area contributed by atoms with E-state index in [1.54, 1.807) is 13.1 Å². The van der Waals surface area contributed by atoms with Gasteiger partial charge in [-0.1, -0.05) is 13.8 Å². The third-order valence-electron chi connectivity index (χ3n) is 2.55. The van der Waals surface area contributed by atoms with E-state index >= 15 is 0 Å². The first-order chi connectivity index (χ1) is 6.36. The molecule has 0 aromatic carbocycles. The van der Waals surface area contributed by atoms with Crippen LogP contribution < -0.4 is 0 Å². The van der Waals surface area contributed by atoms with Gasteiger partial charge in [-0.25, -0.2) is 8.42 Å². The number of fused-ring (bicyclic) bond motifs is 1. The lowest BCUT2D eigenvalue weighted by Gasteiger charge is -2.34. The van der Waals surface area contributed by atoms with Gasteiger partial charge in [0.05, 0.1) is 4.90 Å². The van der Waals surface area contributed by atoms with Gasteiger partial charge in [-0.05, 0) is 11.4 Å². The second kappa shape index (κ2) is 2.81. The van der Waals surface area contributed by atoms with Crippen molar-refractivity contribution in [1.29, 1.82) is 0 Å². The molecule has 0 saturated carbocycles. The standard InChI is InChI=1S/C9H13NO2S2/c1-9(2)6-10(3)14(11,12)7-4-5-13-8(7)9/h4-5H,6H2,1-3H3. The molecule has 0 spiro atoms. The van der Waals surface area contributed by atoms with Gasteiger partial charge in [0.1, 0.15) is 0 Å². The summed E-state index contributed by atoms with van der Waals surface area (Å²) in [5.74, 6) is 0. The number of hydrogen-bond acceptors (Lipinski definition) is 3. The summed E-state index contributed by atoms with van der Waals surface area (Å²) in [6.45, 7) is 4.71. The second-order valence-electron chi connectivity index (χ2n) is 4.26. The molecule has 1 aromatic heterocycles. The number of sulfonamides is 1. The predicted molar refractivity (Wildman–Crippen MR) is 57.2 cm³/mol. The smallest absolute Gasteiger partial charge is 0.207 e. The molecule has 5 heteroatoms. The number of nitrogens with zero attached hydrogens (tertiary/aromatic N) is 1. The summed E-state index contributed by atoms with van der Waals surface area (Å²) in [7, 11) is -1.57. The Morgan fingerprint density at radius 2 is 2.14 bits per heavy atom. The van der Waals surface area contributed by atoms with E-state index in [0.29, 0.717) is 11.4 Å². The molecule has 0 saturated heterocycles. The molecule has 1 aliphatic rings. The van der Waals surface area contributed by atoms with E-state index in [0.717, 1.165) is 4.88 Å². The highest BCUT2D eigenvalue weighted by Gasteiger charge is 2.40. The van der Waals surface area contributed by atoms with Gasteiger partial charge in [0.15, 0.2) is 0 Å². The molecule has 78 valence electrons. The fraction of sp³-hybridized carbons (Fsp3) is 0.556. The molecule has 3 nitrogen and oxygen atoms in total. The van der Waals surface area contributed by atoms with Crippen molar-refractivity contribution < 1.29 is 8.42 Å². The largest absolute Gasteiger partial charge is 0.243 e. The molecule has 1 aromatic rings. The minimum Gasteiger partial charge on any atom is -0.207 e. The normalized spacial score (nSPS) is 24.5. The highest BCUT2D eigenvalue weighted by Crippen LogP contribution is 2.40. The molecule has 2 rings (SSSR count). The quantitative estimate of drug-likeness (QED) is 0.681. The van der Waals surface area contributed by atoms with Crippen molar-refractivity contribution in [2.75, 3.05) is 13.6 Å². The van der Waals surface area contributed by atoms with Gasteiger partial charge in [-0.3, -0.25) is 0 Å².